The molecule has 6 nitrogen and oxygen atoms in total. The summed E-state index contributed by atoms with van der Waals surface area (Å²) in [6, 6.07) is -0.0968. The van der Waals surface area contributed by atoms with E-state index in [9.17, 15) is 0 Å². The highest BCUT2D eigenvalue weighted by molar-refractivity contribution is 9.10. The molecule has 0 aromatic carbocycles. The molecular formula is C10H15BrN6. The first-order valence-corrected chi connectivity index (χ1v) is 6.12. The average Bonchev–Trinajstić information content (AvgIpc) is 2.80. The Morgan fingerprint density at radius 3 is 2.71 bits per heavy atom. The number of hydrogen-bond donors (Lipinski definition) is 1. The van der Waals surface area contributed by atoms with Crippen molar-refractivity contribution in [3.63, 3.8) is 0 Å². The summed E-state index contributed by atoms with van der Waals surface area (Å²) >= 11 is 3.52. The van der Waals surface area contributed by atoms with Crippen LogP contribution in [0.2, 0.25) is 0 Å². The Morgan fingerprint density at radius 2 is 2.24 bits per heavy atom. The van der Waals surface area contributed by atoms with Crippen molar-refractivity contribution in [3.05, 3.63) is 27.8 Å². The predicted octanol–water partition coefficient (Wildman–Crippen LogP) is 1.15. The second-order valence-corrected chi connectivity index (χ2v) is 4.89. The third kappa shape index (κ3) is 2.39. The molecule has 0 bridgehead atoms. The van der Waals surface area contributed by atoms with Crippen molar-refractivity contribution in [1.82, 2.24) is 24.8 Å². The normalized spacial score (nSPS) is 13.0. The SMILES string of the molecule is Cc1nn(C)c(Cn2cc(C(C)N)nn2)c1Br. The van der Waals surface area contributed by atoms with Crippen LogP contribution in [0.5, 0.6) is 0 Å². The summed E-state index contributed by atoms with van der Waals surface area (Å²) in [7, 11) is 1.91. The quantitative estimate of drug-likeness (QED) is 0.922. The molecule has 0 aliphatic rings. The van der Waals surface area contributed by atoms with Crippen LogP contribution in [0.4, 0.5) is 0 Å². The topological polar surface area (TPSA) is 74.5 Å². The number of nitrogens with zero attached hydrogens (tertiary/aromatic N) is 5. The number of nitrogens with two attached hydrogens (primary N) is 1. The molecule has 92 valence electrons. The van der Waals surface area contributed by atoms with Crippen molar-refractivity contribution < 1.29 is 0 Å². The van der Waals surface area contributed by atoms with Crippen LogP contribution in [0.15, 0.2) is 10.7 Å². The van der Waals surface area contributed by atoms with E-state index in [1.807, 2.05) is 31.8 Å². The lowest BCUT2D eigenvalue weighted by Gasteiger charge is -2.02. The molecule has 0 saturated carbocycles. The summed E-state index contributed by atoms with van der Waals surface area (Å²) in [5, 5.41) is 12.4. The molecule has 0 fully saturated rings. The highest BCUT2D eigenvalue weighted by Gasteiger charge is 2.12. The van der Waals surface area contributed by atoms with Crippen molar-refractivity contribution in [2.24, 2.45) is 12.8 Å². The van der Waals surface area contributed by atoms with Crippen LogP contribution in [0.3, 0.4) is 0 Å². The molecule has 0 radical (unpaired) electrons. The molecule has 2 heterocycles. The number of halogens is 1. The predicted molar refractivity (Wildman–Crippen MR) is 67.4 cm³/mol. The minimum Gasteiger partial charge on any atom is -0.323 e. The maximum absolute atomic E-state index is 5.74. The smallest absolute Gasteiger partial charge is 0.0991 e. The van der Waals surface area contributed by atoms with E-state index in [-0.39, 0.29) is 6.04 Å². The van der Waals surface area contributed by atoms with E-state index in [4.69, 9.17) is 5.73 Å². The lowest BCUT2D eigenvalue weighted by Crippen LogP contribution is -2.07. The van der Waals surface area contributed by atoms with Gasteiger partial charge in [0.05, 0.1) is 34.3 Å². The van der Waals surface area contributed by atoms with E-state index >= 15 is 0 Å². The monoisotopic (exact) mass is 298 g/mol. The van der Waals surface area contributed by atoms with E-state index in [1.165, 1.54) is 0 Å². The van der Waals surface area contributed by atoms with Crippen LogP contribution >= 0.6 is 15.9 Å². The number of aryl methyl sites for hydroxylation is 2. The first-order chi connectivity index (χ1) is 7.99. The summed E-state index contributed by atoms with van der Waals surface area (Å²) < 4.78 is 4.62. The van der Waals surface area contributed by atoms with Gasteiger partial charge in [-0.3, -0.25) is 4.68 Å². The van der Waals surface area contributed by atoms with Gasteiger partial charge in [-0.1, -0.05) is 5.21 Å². The Morgan fingerprint density at radius 1 is 1.53 bits per heavy atom. The molecule has 2 aromatic rings. The summed E-state index contributed by atoms with van der Waals surface area (Å²) in [6.45, 7) is 4.47. The highest BCUT2D eigenvalue weighted by Crippen LogP contribution is 2.20. The Balaban J connectivity index is 2.25. The number of rotatable bonds is 3. The van der Waals surface area contributed by atoms with E-state index in [2.05, 4.69) is 31.3 Å². The van der Waals surface area contributed by atoms with Gasteiger partial charge in [-0.15, -0.1) is 5.10 Å². The van der Waals surface area contributed by atoms with Gasteiger partial charge in [-0.2, -0.15) is 5.10 Å². The van der Waals surface area contributed by atoms with Gasteiger partial charge < -0.3 is 5.73 Å². The Hall–Kier alpha value is -1.21. The third-order valence-electron chi connectivity index (χ3n) is 2.60. The lowest BCUT2D eigenvalue weighted by molar-refractivity contribution is 0.597. The molecular weight excluding hydrogens is 284 g/mol. The van der Waals surface area contributed by atoms with Crippen LogP contribution < -0.4 is 5.73 Å². The Kier molecular flexibility index (Phi) is 3.30. The maximum atomic E-state index is 5.74. The van der Waals surface area contributed by atoms with Gasteiger partial charge in [0.25, 0.3) is 0 Å². The van der Waals surface area contributed by atoms with Gasteiger partial charge in [0.1, 0.15) is 0 Å². The zero-order chi connectivity index (χ0) is 12.6. The third-order valence-corrected chi connectivity index (χ3v) is 3.63. The molecule has 2 N–H and O–H groups in total. The van der Waals surface area contributed by atoms with Crippen molar-refractivity contribution in [2.75, 3.05) is 0 Å². The first kappa shape index (κ1) is 12.3. The largest absolute Gasteiger partial charge is 0.323 e. The minimum atomic E-state index is -0.0968. The van der Waals surface area contributed by atoms with Crippen LogP contribution in [0, 0.1) is 6.92 Å². The molecule has 7 heteroatoms. The van der Waals surface area contributed by atoms with Crippen LogP contribution in [-0.2, 0) is 13.6 Å². The zero-order valence-electron chi connectivity index (χ0n) is 10.1. The van der Waals surface area contributed by atoms with Crippen molar-refractivity contribution >= 4 is 15.9 Å². The van der Waals surface area contributed by atoms with Crippen molar-refractivity contribution in [1.29, 1.82) is 0 Å². The molecule has 0 aliphatic heterocycles. The van der Waals surface area contributed by atoms with Crippen LogP contribution in [0.25, 0.3) is 0 Å². The summed E-state index contributed by atoms with van der Waals surface area (Å²) in [5.74, 6) is 0. The second-order valence-electron chi connectivity index (χ2n) is 4.10. The summed E-state index contributed by atoms with van der Waals surface area (Å²) in [4.78, 5) is 0. The van der Waals surface area contributed by atoms with Crippen LogP contribution in [0.1, 0.15) is 30.0 Å². The lowest BCUT2D eigenvalue weighted by atomic mass is 10.3. The molecule has 1 atom stereocenters. The van der Waals surface area contributed by atoms with E-state index in [0.717, 1.165) is 21.6 Å². The van der Waals surface area contributed by atoms with Crippen molar-refractivity contribution in [3.8, 4) is 0 Å². The number of hydrogen-bond acceptors (Lipinski definition) is 4. The molecule has 17 heavy (non-hydrogen) atoms. The second kappa shape index (κ2) is 4.58. The van der Waals surface area contributed by atoms with Gasteiger partial charge in [-0.25, -0.2) is 4.68 Å². The van der Waals surface area contributed by atoms with Crippen molar-refractivity contribution in [2.45, 2.75) is 26.4 Å². The van der Waals surface area contributed by atoms with E-state index in [1.54, 1.807) is 4.68 Å². The molecule has 2 rings (SSSR count). The Labute approximate surface area is 108 Å². The fourth-order valence-electron chi connectivity index (χ4n) is 1.60. The fourth-order valence-corrected chi connectivity index (χ4v) is 2.07. The van der Waals surface area contributed by atoms with Gasteiger partial charge >= 0.3 is 0 Å². The average molecular weight is 299 g/mol. The van der Waals surface area contributed by atoms with Gasteiger partial charge in [-0.05, 0) is 29.8 Å². The van der Waals surface area contributed by atoms with E-state index < -0.39 is 0 Å². The van der Waals surface area contributed by atoms with E-state index in [0.29, 0.717) is 6.54 Å². The Bertz CT molecular complexity index is 527. The van der Waals surface area contributed by atoms with Gasteiger partial charge in [0.15, 0.2) is 0 Å². The molecule has 0 spiro atoms. The van der Waals surface area contributed by atoms with Gasteiger partial charge in [0.2, 0.25) is 0 Å². The molecule has 1 unspecified atom stereocenters. The van der Waals surface area contributed by atoms with Crippen LogP contribution in [-0.4, -0.2) is 24.8 Å². The van der Waals surface area contributed by atoms with Gasteiger partial charge in [0, 0.05) is 13.1 Å². The molecule has 0 aliphatic carbocycles. The fraction of sp³-hybridized carbons (Fsp3) is 0.500. The zero-order valence-corrected chi connectivity index (χ0v) is 11.6. The number of aromatic nitrogens is 5. The standard InChI is InChI=1S/C10H15BrN6/c1-6(12)8-4-17(15-13-8)5-9-10(11)7(2)14-16(9)3/h4,6H,5,12H2,1-3H3. The minimum absolute atomic E-state index is 0.0968. The highest BCUT2D eigenvalue weighted by atomic mass is 79.9. The molecule has 0 amide bonds. The first-order valence-electron chi connectivity index (χ1n) is 5.32. The molecule has 0 saturated heterocycles. The summed E-state index contributed by atoms with van der Waals surface area (Å²) in [5.41, 5.74) is 8.56. The maximum Gasteiger partial charge on any atom is 0.0991 e. The summed E-state index contributed by atoms with van der Waals surface area (Å²) in [6.07, 6.45) is 1.86. The molecule has 2 aromatic heterocycles.